The fourth-order valence-corrected chi connectivity index (χ4v) is 4.65. The molecule has 0 atom stereocenters. The van der Waals surface area contributed by atoms with Crippen molar-refractivity contribution in [1.29, 1.82) is 0 Å². The van der Waals surface area contributed by atoms with Crippen molar-refractivity contribution in [3.63, 3.8) is 0 Å². The van der Waals surface area contributed by atoms with Gasteiger partial charge in [0.15, 0.2) is 11.5 Å². The monoisotopic (exact) mass is 642 g/mol. The van der Waals surface area contributed by atoms with Crippen molar-refractivity contribution >= 4 is 79.1 Å². The summed E-state index contributed by atoms with van der Waals surface area (Å²) in [7, 11) is 0. The normalized spacial score (nSPS) is 14.5. The zero-order valence-electron chi connectivity index (χ0n) is 17.6. The molecule has 172 valence electrons. The van der Waals surface area contributed by atoms with Crippen molar-refractivity contribution in [3.05, 3.63) is 67.6 Å². The largest absolute Gasteiger partial charge is 0.490 e. The molecule has 0 radical (unpaired) electrons. The Bertz CT molecular complexity index is 1120. The van der Waals surface area contributed by atoms with Gasteiger partial charge in [-0.1, -0.05) is 12.7 Å². The Hall–Kier alpha value is -2.31. The SMILES string of the molecule is C=CCOc1c(Br)cc(/C=C2/SC(=O)N(CC(=O)Nc3ccc(I)cc3)C2=O)cc1OCC. The van der Waals surface area contributed by atoms with Crippen molar-refractivity contribution < 1.29 is 23.9 Å². The predicted molar refractivity (Wildman–Crippen MR) is 141 cm³/mol. The van der Waals surface area contributed by atoms with E-state index in [0.29, 0.717) is 40.4 Å². The summed E-state index contributed by atoms with van der Waals surface area (Å²) in [5.41, 5.74) is 1.24. The van der Waals surface area contributed by atoms with Gasteiger partial charge < -0.3 is 14.8 Å². The number of anilines is 1. The molecule has 2 aromatic carbocycles. The maximum absolute atomic E-state index is 12.8. The Morgan fingerprint density at radius 1 is 1.24 bits per heavy atom. The molecule has 0 unspecified atom stereocenters. The van der Waals surface area contributed by atoms with E-state index in [0.717, 1.165) is 20.2 Å². The summed E-state index contributed by atoms with van der Waals surface area (Å²) in [6, 6.07) is 10.7. The number of carbonyl (C=O) groups is 3. The van der Waals surface area contributed by atoms with Crippen molar-refractivity contribution in [2.45, 2.75) is 6.92 Å². The number of hydrogen-bond donors (Lipinski definition) is 1. The van der Waals surface area contributed by atoms with Gasteiger partial charge in [0.1, 0.15) is 13.2 Å². The molecule has 1 aliphatic heterocycles. The maximum Gasteiger partial charge on any atom is 0.294 e. The number of rotatable bonds is 9. The second-order valence-corrected chi connectivity index (χ2v) is 9.78. The highest BCUT2D eigenvalue weighted by atomic mass is 127. The van der Waals surface area contributed by atoms with E-state index in [1.807, 2.05) is 19.1 Å². The lowest BCUT2D eigenvalue weighted by atomic mass is 10.2. The topological polar surface area (TPSA) is 84.9 Å². The molecule has 0 bridgehead atoms. The van der Waals surface area contributed by atoms with Crippen LogP contribution in [0.3, 0.4) is 0 Å². The third-order valence-corrected chi connectivity index (χ3v) is 6.49. The molecule has 0 saturated carbocycles. The number of ether oxygens (including phenoxy) is 2. The molecule has 0 spiro atoms. The molecular weight excluding hydrogens is 623 g/mol. The molecule has 0 aliphatic carbocycles. The number of nitrogens with zero attached hydrogens (tertiary/aromatic N) is 1. The van der Waals surface area contributed by atoms with Gasteiger partial charge in [-0.2, -0.15) is 0 Å². The lowest BCUT2D eigenvalue weighted by Gasteiger charge is -2.14. The third-order valence-electron chi connectivity index (χ3n) is 4.28. The summed E-state index contributed by atoms with van der Waals surface area (Å²) in [5, 5.41) is 2.19. The molecule has 1 heterocycles. The Labute approximate surface area is 217 Å². The van der Waals surface area contributed by atoms with E-state index in [1.54, 1.807) is 36.4 Å². The zero-order chi connectivity index (χ0) is 24.0. The minimum atomic E-state index is -0.524. The van der Waals surface area contributed by atoms with E-state index in [9.17, 15) is 14.4 Å². The van der Waals surface area contributed by atoms with Gasteiger partial charge >= 0.3 is 0 Å². The van der Waals surface area contributed by atoms with Gasteiger partial charge in [-0.25, -0.2) is 0 Å². The summed E-state index contributed by atoms with van der Waals surface area (Å²) in [6.45, 7) is 5.86. The number of carbonyl (C=O) groups excluding carboxylic acids is 3. The molecule has 33 heavy (non-hydrogen) atoms. The highest BCUT2D eigenvalue weighted by Gasteiger charge is 2.36. The first-order valence-electron chi connectivity index (χ1n) is 9.83. The van der Waals surface area contributed by atoms with E-state index >= 15 is 0 Å². The average Bonchev–Trinajstić information content (AvgIpc) is 3.02. The zero-order valence-corrected chi connectivity index (χ0v) is 22.2. The van der Waals surface area contributed by atoms with Crippen LogP contribution in [0.2, 0.25) is 0 Å². The van der Waals surface area contributed by atoms with Crippen LogP contribution >= 0.6 is 50.3 Å². The lowest BCUT2D eigenvalue weighted by molar-refractivity contribution is -0.127. The Morgan fingerprint density at radius 3 is 2.64 bits per heavy atom. The number of imide groups is 1. The Balaban J connectivity index is 1.76. The fourth-order valence-electron chi connectivity index (χ4n) is 2.88. The molecule has 1 aliphatic rings. The second-order valence-electron chi connectivity index (χ2n) is 6.69. The van der Waals surface area contributed by atoms with E-state index in [-0.39, 0.29) is 11.4 Å². The first-order chi connectivity index (χ1) is 15.8. The predicted octanol–water partition coefficient (Wildman–Crippen LogP) is 5.69. The molecule has 1 N–H and O–H groups in total. The Morgan fingerprint density at radius 2 is 1.97 bits per heavy atom. The van der Waals surface area contributed by atoms with Crippen molar-refractivity contribution in [3.8, 4) is 11.5 Å². The van der Waals surface area contributed by atoms with E-state index in [1.165, 1.54) is 0 Å². The quantitative estimate of drug-likeness (QED) is 0.215. The molecule has 1 fully saturated rings. The molecule has 3 rings (SSSR count). The molecule has 7 nitrogen and oxygen atoms in total. The first-order valence-corrected chi connectivity index (χ1v) is 12.5. The summed E-state index contributed by atoms with van der Waals surface area (Å²) in [4.78, 5) is 38.7. The van der Waals surface area contributed by atoms with Gasteiger partial charge in [0, 0.05) is 9.26 Å². The van der Waals surface area contributed by atoms with Gasteiger partial charge in [0.25, 0.3) is 11.1 Å². The van der Waals surface area contributed by atoms with Gasteiger partial charge in [-0.3, -0.25) is 19.3 Å². The summed E-state index contributed by atoms with van der Waals surface area (Å²) in [5.74, 6) is 0.0408. The summed E-state index contributed by atoms with van der Waals surface area (Å²) in [6.07, 6.45) is 3.22. The van der Waals surface area contributed by atoms with Crippen LogP contribution in [-0.2, 0) is 9.59 Å². The molecule has 2 aromatic rings. The van der Waals surface area contributed by atoms with Crippen LogP contribution in [0.4, 0.5) is 10.5 Å². The highest BCUT2D eigenvalue weighted by molar-refractivity contribution is 14.1. The lowest BCUT2D eigenvalue weighted by Crippen LogP contribution is -2.36. The van der Waals surface area contributed by atoms with Gasteiger partial charge in [0.05, 0.1) is 16.0 Å². The van der Waals surface area contributed by atoms with Crippen molar-refractivity contribution in [2.75, 3.05) is 25.1 Å². The van der Waals surface area contributed by atoms with Crippen LogP contribution in [-0.4, -0.2) is 41.7 Å². The van der Waals surface area contributed by atoms with Gasteiger partial charge in [-0.05, 0) is 105 Å². The molecule has 1 saturated heterocycles. The number of halogens is 2. The number of amides is 3. The second kappa shape index (κ2) is 11.7. The van der Waals surface area contributed by atoms with Crippen LogP contribution < -0.4 is 14.8 Å². The summed E-state index contributed by atoms with van der Waals surface area (Å²) >= 11 is 6.41. The van der Waals surface area contributed by atoms with Crippen molar-refractivity contribution in [1.82, 2.24) is 4.90 Å². The number of benzene rings is 2. The average molecular weight is 643 g/mol. The van der Waals surface area contributed by atoms with Crippen LogP contribution in [0.1, 0.15) is 12.5 Å². The van der Waals surface area contributed by atoms with Gasteiger partial charge in [0.2, 0.25) is 5.91 Å². The van der Waals surface area contributed by atoms with E-state index in [4.69, 9.17) is 9.47 Å². The molecular formula is C23H20BrIN2O5S. The van der Waals surface area contributed by atoms with Crippen molar-refractivity contribution in [2.24, 2.45) is 0 Å². The standard InChI is InChI=1S/C23H20BrIN2O5S/c1-3-9-32-21-17(24)10-14(11-18(21)31-4-2)12-19-22(29)27(23(30)33-19)13-20(28)26-16-7-5-15(25)6-8-16/h3,5-8,10-12H,1,4,9,13H2,2H3,(H,26,28)/b19-12+. The van der Waals surface area contributed by atoms with Crippen LogP contribution in [0.5, 0.6) is 11.5 Å². The first kappa shape index (κ1) is 25.3. The molecule has 10 heteroatoms. The van der Waals surface area contributed by atoms with E-state index in [2.05, 4.69) is 50.4 Å². The highest BCUT2D eigenvalue weighted by Crippen LogP contribution is 2.39. The maximum atomic E-state index is 12.8. The number of thioether (sulfide) groups is 1. The third kappa shape index (κ3) is 6.61. The van der Waals surface area contributed by atoms with Crippen LogP contribution in [0.15, 0.2) is 58.4 Å². The number of hydrogen-bond acceptors (Lipinski definition) is 6. The van der Waals surface area contributed by atoms with Crippen LogP contribution in [0.25, 0.3) is 6.08 Å². The fraction of sp³-hybridized carbons (Fsp3) is 0.174. The summed E-state index contributed by atoms with van der Waals surface area (Å²) < 4.78 is 13.0. The van der Waals surface area contributed by atoms with E-state index < -0.39 is 17.1 Å². The minimum Gasteiger partial charge on any atom is -0.490 e. The minimum absolute atomic E-state index is 0.219. The smallest absolute Gasteiger partial charge is 0.294 e. The Kier molecular flexibility index (Phi) is 8.98. The van der Waals surface area contributed by atoms with Crippen LogP contribution in [0, 0.1) is 3.57 Å². The molecule has 3 amide bonds. The number of nitrogens with one attached hydrogen (secondary N) is 1. The molecule has 0 aromatic heterocycles. The van der Waals surface area contributed by atoms with Gasteiger partial charge in [-0.15, -0.1) is 0 Å².